The van der Waals surface area contributed by atoms with Crippen LogP contribution in [0.25, 0.3) is 10.9 Å². The van der Waals surface area contributed by atoms with Crippen LogP contribution in [0.5, 0.6) is 0 Å². The lowest BCUT2D eigenvalue weighted by atomic mass is 10.0. The van der Waals surface area contributed by atoms with Crippen LogP contribution in [0.2, 0.25) is 0 Å². The second-order valence-corrected chi connectivity index (χ2v) is 12.1. The van der Waals surface area contributed by atoms with Gasteiger partial charge in [0.2, 0.25) is 5.91 Å². The molecule has 8 nitrogen and oxygen atoms in total. The average molecular weight is 512 g/mol. The molecule has 1 aliphatic carbocycles. The summed E-state index contributed by atoms with van der Waals surface area (Å²) in [6.07, 6.45) is 4.43. The molecule has 0 bridgehead atoms. The van der Waals surface area contributed by atoms with E-state index in [1.807, 2.05) is 32.0 Å². The van der Waals surface area contributed by atoms with E-state index in [-0.39, 0.29) is 36.4 Å². The van der Waals surface area contributed by atoms with Crippen LogP contribution >= 0.6 is 0 Å². The van der Waals surface area contributed by atoms with E-state index in [4.69, 9.17) is 0 Å². The molecule has 1 amide bonds. The fourth-order valence-corrected chi connectivity index (χ4v) is 6.86. The summed E-state index contributed by atoms with van der Waals surface area (Å²) in [6, 6.07) is 12.4. The van der Waals surface area contributed by atoms with Crippen LogP contribution in [0.15, 0.2) is 52.1 Å². The third-order valence-electron chi connectivity index (χ3n) is 6.97. The van der Waals surface area contributed by atoms with Gasteiger partial charge >= 0.3 is 5.69 Å². The molecule has 0 spiro atoms. The summed E-state index contributed by atoms with van der Waals surface area (Å²) in [7, 11) is -3.28. The summed E-state index contributed by atoms with van der Waals surface area (Å²) >= 11 is 0. The molecule has 0 radical (unpaired) electrons. The van der Waals surface area contributed by atoms with Gasteiger partial charge in [-0.2, -0.15) is 0 Å². The number of nitrogens with one attached hydrogen (secondary N) is 1. The van der Waals surface area contributed by atoms with Crippen LogP contribution in [0, 0.1) is 13.8 Å². The molecule has 0 saturated heterocycles. The molecule has 3 aromatic rings. The van der Waals surface area contributed by atoms with Gasteiger partial charge in [0.15, 0.2) is 9.84 Å². The predicted octanol–water partition coefficient (Wildman–Crippen LogP) is 3.56. The highest BCUT2D eigenvalue weighted by Gasteiger charge is 2.27. The highest BCUT2D eigenvalue weighted by Crippen LogP contribution is 2.24. The van der Waals surface area contributed by atoms with Crippen LogP contribution in [-0.4, -0.2) is 34.5 Å². The summed E-state index contributed by atoms with van der Waals surface area (Å²) < 4.78 is 27.9. The minimum atomic E-state index is -3.28. The number of carbonyl (C=O) groups excluding carboxylic acids is 1. The molecule has 1 heterocycles. The first-order valence-electron chi connectivity index (χ1n) is 12.5. The number of aryl methyl sites for hydroxylation is 2. The van der Waals surface area contributed by atoms with Crippen LogP contribution in [-0.2, 0) is 27.7 Å². The van der Waals surface area contributed by atoms with Crippen molar-refractivity contribution in [3.63, 3.8) is 0 Å². The molecule has 1 N–H and O–H groups in total. The molecule has 0 unspecified atom stereocenters. The Hall–Kier alpha value is -3.20. The van der Waals surface area contributed by atoms with Crippen LogP contribution in [0.3, 0.4) is 0 Å². The largest absolute Gasteiger partial charge is 0.331 e. The maximum absolute atomic E-state index is 13.4. The summed E-state index contributed by atoms with van der Waals surface area (Å²) in [5.41, 5.74) is 1.83. The van der Waals surface area contributed by atoms with Gasteiger partial charge in [0.1, 0.15) is 6.54 Å². The second kappa shape index (κ2) is 10.8. The standard InChI is InChI=1S/C27H33N3O5S/c1-19-13-14-20(2)23(17-19)28-25(31)18-30-24-12-7-6-11-22(24)26(32)29(27(30)33)15-8-16-36(34,35)21-9-4-3-5-10-21/h6-7,11-14,17,21H,3-5,8-10,15-16,18H2,1-2H3,(H,28,31). The Bertz CT molecular complexity index is 1500. The summed E-state index contributed by atoms with van der Waals surface area (Å²) in [4.78, 5) is 39.4. The summed E-state index contributed by atoms with van der Waals surface area (Å²) in [5.74, 6) is -0.454. The van der Waals surface area contributed by atoms with E-state index in [0.29, 0.717) is 29.4 Å². The van der Waals surface area contributed by atoms with E-state index in [1.165, 1.54) is 4.57 Å². The van der Waals surface area contributed by atoms with E-state index < -0.39 is 21.1 Å². The third-order valence-corrected chi connectivity index (χ3v) is 9.32. The zero-order chi connectivity index (χ0) is 25.9. The van der Waals surface area contributed by atoms with E-state index in [1.54, 1.807) is 24.3 Å². The molecule has 36 heavy (non-hydrogen) atoms. The molecule has 1 aliphatic rings. The molecule has 1 fully saturated rings. The minimum absolute atomic E-state index is 0.0208. The Kier molecular flexibility index (Phi) is 7.78. The maximum atomic E-state index is 13.4. The smallest absolute Gasteiger partial charge is 0.324 e. The number of amides is 1. The number of hydrogen-bond acceptors (Lipinski definition) is 5. The Balaban J connectivity index is 1.59. The van der Waals surface area contributed by atoms with Crippen molar-refractivity contribution in [2.45, 2.75) is 70.7 Å². The zero-order valence-electron chi connectivity index (χ0n) is 20.8. The van der Waals surface area contributed by atoms with Crippen molar-refractivity contribution in [2.75, 3.05) is 11.1 Å². The molecule has 9 heteroatoms. The quantitative estimate of drug-likeness (QED) is 0.498. The van der Waals surface area contributed by atoms with Gasteiger partial charge in [-0.15, -0.1) is 0 Å². The Morgan fingerprint density at radius 3 is 2.47 bits per heavy atom. The van der Waals surface area contributed by atoms with Crippen molar-refractivity contribution in [3.8, 4) is 0 Å². The zero-order valence-corrected chi connectivity index (χ0v) is 21.6. The van der Waals surface area contributed by atoms with E-state index in [0.717, 1.165) is 35.0 Å². The average Bonchev–Trinajstić information content (AvgIpc) is 2.86. The van der Waals surface area contributed by atoms with Crippen molar-refractivity contribution in [1.82, 2.24) is 9.13 Å². The van der Waals surface area contributed by atoms with Gasteiger partial charge in [-0.25, -0.2) is 13.2 Å². The summed E-state index contributed by atoms with van der Waals surface area (Å²) in [6.45, 7) is 3.52. The fraction of sp³-hybridized carbons (Fsp3) is 0.444. The lowest BCUT2D eigenvalue weighted by Gasteiger charge is -2.21. The van der Waals surface area contributed by atoms with Gasteiger partial charge in [0, 0.05) is 12.2 Å². The Morgan fingerprint density at radius 2 is 1.72 bits per heavy atom. The number of benzene rings is 2. The number of fused-ring (bicyclic) bond motifs is 1. The molecule has 0 aliphatic heterocycles. The lowest BCUT2D eigenvalue weighted by Crippen LogP contribution is -2.42. The molecule has 4 rings (SSSR count). The van der Waals surface area contributed by atoms with Gasteiger partial charge in [0.05, 0.1) is 21.9 Å². The number of rotatable bonds is 8. The molecule has 1 aromatic heterocycles. The molecule has 192 valence electrons. The molecule has 0 atom stereocenters. The highest BCUT2D eigenvalue weighted by molar-refractivity contribution is 7.92. The number of aromatic nitrogens is 2. The van der Waals surface area contributed by atoms with E-state index in [2.05, 4.69) is 5.32 Å². The second-order valence-electron chi connectivity index (χ2n) is 9.69. The highest BCUT2D eigenvalue weighted by atomic mass is 32.2. The number of para-hydroxylation sites is 1. The molecular weight excluding hydrogens is 478 g/mol. The van der Waals surface area contributed by atoms with Gasteiger partial charge in [-0.05, 0) is 62.4 Å². The SMILES string of the molecule is Cc1ccc(C)c(NC(=O)Cn2c(=O)n(CCCS(=O)(=O)C3CCCCC3)c(=O)c3ccccc32)c1. The topological polar surface area (TPSA) is 107 Å². The lowest BCUT2D eigenvalue weighted by molar-refractivity contribution is -0.116. The summed E-state index contributed by atoms with van der Waals surface area (Å²) in [5, 5.41) is 2.84. The van der Waals surface area contributed by atoms with Gasteiger partial charge in [0.25, 0.3) is 5.56 Å². The van der Waals surface area contributed by atoms with Gasteiger partial charge in [-0.1, -0.05) is 43.5 Å². The van der Waals surface area contributed by atoms with Crippen molar-refractivity contribution in [2.24, 2.45) is 0 Å². The van der Waals surface area contributed by atoms with Crippen LogP contribution < -0.4 is 16.6 Å². The van der Waals surface area contributed by atoms with Crippen molar-refractivity contribution in [1.29, 1.82) is 0 Å². The third kappa shape index (κ3) is 5.61. The fourth-order valence-electron chi connectivity index (χ4n) is 4.94. The van der Waals surface area contributed by atoms with Gasteiger partial charge < -0.3 is 5.32 Å². The number of hydrogen-bond donors (Lipinski definition) is 1. The van der Waals surface area contributed by atoms with Crippen molar-refractivity contribution in [3.05, 3.63) is 74.4 Å². The first kappa shape index (κ1) is 25.9. The normalized spacial score (nSPS) is 14.7. The minimum Gasteiger partial charge on any atom is -0.324 e. The number of carbonyl (C=O) groups is 1. The van der Waals surface area contributed by atoms with Crippen LogP contribution in [0.4, 0.5) is 5.69 Å². The molecular formula is C27H33N3O5S. The van der Waals surface area contributed by atoms with Gasteiger partial charge in [-0.3, -0.25) is 18.7 Å². The first-order valence-corrected chi connectivity index (χ1v) is 14.2. The monoisotopic (exact) mass is 511 g/mol. The van der Waals surface area contributed by atoms with Crippen LogP contribution in [0.1, 0.15) is 49.7 Å². The maximum Gasteiger partial charge on any atom is 0.331 e. The Labute approximate surface area is 210 Å². The molecule has 2 aromatic carbocycles. The number of nitrogens with zero attached hydrogens (tertiary/aromatic N) is 2. The molecule has 1 saturated carbocycles. The van der Waals surface area contributed by atoms with E-state index in [9.17, 15) is 22.8 Å². The number of sulfone groups is 1. The number of anilines is 1. The van der Waals surface area contributed by atoms with E-state index >= 15 is 0 Å². The first-order chi connectivity index (χ1) is 17.2. The van der Waals surface area contributed by atoms with Crippen molar-refractivity contribution >= 4 is 32.3 Å². The predicted molar refractivity (Wildman–Crippen MR) is 142 cm³/mol. The Morgan fingerprint density at radius 1 is 1.00 bits per heavy atom. The van der Waals surface area contributed by atoms with Crippen molar-refractivity contribution < 1.29 is 13.2 Å².